The molecule has 2 heteroatoms. The van der Waals surface area contributed by atoms with Gasteiger partial charge in [-0.2, -0.15) is 0 Å². The predicted molar refractivity (Wildman–Crippen MR) is 73.4 cm³/mol. The average molecular weight is 240 g/mol. The second-order valence-electron chi connectivity index (χ2n) is 6.54. The van der Waals surface area contributed by atoms with E-state index in [2.05, 4.69) is 46.5 Å². The van der Waals surface area contributed by atoms with Gasteiger partial charge in [0.25, 0.3) is 0 Å². The van der Waals surface area contributed by atoms with Crippen molar-refractivity contribution < 1.29 is 1.37 Å². The Labute approximate surface area is 106 Å². The molecule has 0 saturated heterocycles. The molecule has 1 nitrogen and oxygen atoms in total. The van der Waals surface area contributed by atoms with Crippen molar-refractivity contribution in [3.63, 3.8) is 0 Å². The molecule has 1 aromatic heterocycles. The van der Waals surface area contributed by atoms with Crippen LogP contribution < -0.4 is 0 Å². The second-order valence-corrected chi connectivity index (χ2v) is 7.74. The van der Waals surface area contributed by atoms with E-state index in [1.807, 2.05) is 13.8 Å². The van der Waals surface area contributed by atoms with Crippen LogP contribution in [0.1, 0.15) is 71.3 Å². The van der Waals surface area contributed by atoms with Crippen LogP contribution in [0.4, 0.5) is 0 Å². The normalized spacial score (nSPS) is 18.1. The molecule has 0 aliphatic rings. The van der Waals surface area contributed by atoms with Crippen LogP contribution in [0.25, 0.3) is 0 Å². The average Bonchev–Trinajstić information content (AvgIpc) is 2.44. The first-order valence-electron chi connectivity index (χ1n) is 6.36. The molecule has 0 saturated carbocycles. The van der Waals surface area contributed by atoms with E-state index in [9.17, 15) is 0 Å². The highest BCUT2D eigenvalue weighted by atomic mass is 32.1. The molecule has 0 radical (unpaired) electrons. The minimum Gasteiger partial charge on any atom is -0.246 e. The molecule has 0 aliphatic heterocycles. The molecule has 1 atom stereocenters. The second kappa shape index (κ2) is 4.14. The smallest absolute Gasteiger partial charge is 0.0900 e. The highest BCUT2D eigenvalue weighted by Gasteiger charge is 2.30. The molecule has 0 aromatic carbocycles. The number of aryl methyl sites for hydroxylation is 1. The van der Waals surface area contributed by atoms with Crippen LogP contribution in [0.5, 0.6) is 0 Å². The first-order valence-corrected chi connectivity index (χ1v) is 6.67. The lowest BCUT2D eigenvalue weighted by Gasteiger charge is -2.29. The van der Waals surface area contributed by atoms with Gasteiger partial charge in [-0.3, -0.25) is 0 Å². The molecule has 1 heterocycles. The molecule has 0 amide bonds. The molecule has 0 N–H and O–H groups in total. The molecule has 0 spiro atoms. The van der Waals surface area contributed by atoms with Gasteiger partial charge in [0.15, 0.2) is 0 Å². The van der Waals surface area contributed by atoms with Crippen molar-refractivity contribution in [1.29, 1.82) is 0 Å². The van der Waals surface area contributed by atoms with Gasteiger partial charge in [-0.1, -0.05) is 48.5 Å². The zero-order chi connectivity index (χ0) is 13.6. The minimum absolute atomic E-state index is 0.0643. The number of rotatable bonds is 1. The van der Waals surface area contributed by atoms with Gasteiger partial charge in [-0.25, -0.2) is 4.98 Å². The number of nitrogens with zero attached hydrogens (tertiary/aromatic N) is 1. The van der Waals surface area contributed by atoms with E-state index in [0.29, 0.717) is 0 Å². The Kier molecular flexibility index (Phi) is 3.13. The molecule has 0 bridgehead atoms. The van der Waals surface area contributed by atoms with Gasteiger partial charge in [0, 0.05) is 12.1 Å². The van der Waals surface area contributed by atoms with Crippen LogP contribution >= 0.6 is 11.3 Å². The Morgan fingerprint density at radius 2 is 1.69 bits per heavy atom. The van der Waals surface area contributed by atoms with E-state index in [0.717, 1.165) is 10.7 Å². The lowest BCUT2D eigenvalue weighted by Crippen LogP contribution is -2.20. The number of hydrogen-bond acceptors (Lipinski definition) is 2. The van der Waals surface area contributed by atoms with Crippen LogP contribution in [-0.4, -0.2) is 4.98 Å². The summed E-state index contributed by atoms with van der Waals surface area (Å²) < 4.78 is 8.70. The van der Waals surface area contributed by atoms with Gasteiger partial charge in [0.2, 0.25) is 0 Å². The Hall–Kier alpha value is -0.370. The maximum atomic E-state index is 8.70. The topological polar surface area (TPSA) is 12.9 Å². The summed E-state index contributed by atoms with van der Waals surface area (Å²) in [7, 11) is 0. The van der Waals surface area contributed by atoms with Crippen LogP contribution in [0.15, 0.2) is 0 Å². The molecule has 0 aliphatic carbocycles. The van der Waals surface area contributed by atoms with Crippen LogP contribution in [0, 0.1) is 12.3 Å². The van der Waals surface area contributed by atoms with E-state index in [1.54, 1.807) is 11.3 Å². The molecule has 0 fully saturated rings. The Balaban J connectivity index is 3.42. The summed E-state index contributed by atoms with van der Waals surface area (Å²) in [6.07, 6.45) is 0. The molecule has 16 heavy (non-hydrogen) atoms. The fourth-order valence-electron chi connectivity index (χ4n) is 1.54. The minimum atomic E-state index is -0.652. The number of hydrogen-bond donors (Lipinski definition) is 0. The Morgan fingerprint density at radius 1 is 1.19 bits per heavy atom. The van der Waals surface area contributed by atoms with Crippen molar-refractivity contribution in [2.75, 3.05) is 0 Å². The zero-order valence-corrected chi connectivity index (χ0v) is 12.7. The van der Waals surface area contributed by atoms with E-state index < -0.39 is 5.89 Å². The summed E-state index contributed by atoms with van der Waals surface area (Å²) in [5, 5.41) is 1.06. The SMILES string of the molecule is [2H]C(C)(c1nc(C)sc1C(C)(C)C)C(C)(C)C. The van der Waals surface area contributed by atoms with Crippen molar-refractivity contribution >= 4 is 11.3 Å². The summed E-state index contributed by atoms with van der Waals surface area (Å²) >= 11 is 1.73. The van der Waals surface area contributed by atoms with E-state index >= 15 is 0 Å². The molecule has 1 aromatic rings. The lowest BCUT2D eigenvalue weighted by atomic mass is 9.77. The van der Waals surface area contributed by atoms with Gasteiger partial charge < -0.3 is 0 Å². The quantitative estimate of drug-likeness (QED) is 0.680. The monoisotopic (exact) mass is 240 g/mol. The van der Waals surface area contributed by atoms with E-state index in [-0.39, 0.29) is 10.8 Å². The summed E-state index contributed by atoms with van der Waals surface area (Å²) in [5.41, 5.74) is 0.905. The summed E-state index contributed by atoms with van der Waals surface area (Å²) in [6.45, 7) is 16.9. The highest BCUT2D eigenvalue weighted by Crippen LogP contribution is 2.41. The molecule has 1 unspecified atom stereocenters. The third-order valence-corrected chi connectivity index (χ3v) is 4.29. The standard InChI is InChI=1S/C14H25NS/c1-9(13(3,4)5)11-12(14(6,7)8)16-10(2)15-11/h9H,1-8H3/i9D. The summed E-state index contributed by atoms with van der Waals surface area (Å²) in [5.74, 6) is -0.652. The largest absolute Gasteiger partial charge is 0.246 e. The Morgan fingerprint density at radius 3 is 2.06 bits per heavy atom. The first kappa shape index (κ1) is 12.1. The van der Waals surface area contributed by atoms with Gasteiger partial charge in [0.1, 0.15) is 0 Å². The summed E-state index contributed by atoms with van der Waals surface area (Å²) in [4.78, 5) is 5.90. The van der Waals surface area contributed by atoms with Gasteiger partial charge in [0.05, 0.1) is 10.7 Å². The molecular weight excluding hydrogens is 214 g/mol. The van der Waals surface area contributed by atoms with Gasteiger partial charge in [-0.15, -0.1) is 11.3 Å². The third-order valence-electron chi connectivity index (χ3n) is 2.90. The maximum absolute atomic E-state index is 8.70. The third kappa shape index (κ3) is 2.85. The number of thiazole rings is 1. The van der Waals surface area contributed by atoms with E-state index in [4.69, 9.17) is 1.37 Å². The maximum Gasteiger partial charge on any atom is 0.0900 e. The van der Waals surface area contributed by atoms with Gasteiger partial charge in [-0.05, 0) is 17.8 Å². The fraction of sp³-hybridized carbons (Fsp3) is 0.786. The van der Waals surface area contributed by atoms with Crippen LogP contribution in [0.2, 0.25) is 0 Å². The predicted octanol–water partition coefficient (Wildman–Crippen LogP) is 4.90. The van der Waals surface area contributed by atoms with Gasteiger partial charge >= 0.3 is 0 Å². The van der Waals surface area contributed by atoms with Crippen molar-refractivity contribution in [2.45, 2.75) is 66.7 Å². The first-order chi connectivity index (χ1) is 7.37. The lowest BCUT2D eigenvalue weighted by molar-refractivity contribution is 0.331. The van der Waals surface area contributed by atoms with E-state index in [1.165, 1.54) is 4.88 Å². The zero-order valence-electron chi connectivity index (χ0n) is 12.9. The summed E-state index contributed by atoms with van der Waals surface area (Å²) in [6, 6.07) is 0. The molecular formula is C14H25NS. The fourth-order valence-corrected chi connectivity index (χ4v) is 2.58. The van der Waals surface area contributed by atoms with Crippen LogP contribution in [0.3, 0.4) is 0 Å². The van der Waals surface area contributed by atoms with Crippen molar-refractivity contribution in [2.24, 2.45) is 5.41 Å². The van der Waals surface area contributed by atoms with Crippen molar-refractivity contribution in [3.05, 3.63) is 15.6 Å². The van der Waals surface area contributed by atoms with Crippen molar-refractivity contribution in [3.8, 4) is 0 Å². The Bertz CT molecular complexity index is 405. The molecule has 1 rings (SSSR count). The highest BCUT2D eigenvalue weighted by molar-refractivity contribution is 7.11. The molecule has 92 valence electrons. The van der Waals surface area contributed by atoms with Crippen molar-refractivity contribution in [1.82, 2.24) is 4.98 Å². The van der Waals surface area contributed by atoms with Crippen LogP contribution in [-0.2, 0) is 5.41 Å². The number of aromatic nitrogens is 1.